The van der Waals surface area contributed by atoms with Gasteiger partial charge in [0.05, 0.1) is 0 Å². The number of nitrogens with two attached hydrogens (primary N) is 1. The molecule has 0 radical (unpaired) electrons. The normalized spacial score (nSPS) is 15.8. The standard InChI is InChI=1S/C15H22FN3S/c1-19(12-4-2-3-5-12)9-8-18-11-6-7-13(15(17)20)14(16)10-11/h6-7,10,12,18H,2-5,8-9H2,1H3,(H2,17,20). The first-order valence-corrected chi connectivity index (χ1v) is 7.52. The van der Waals surface area contributed by atoms with E-state index in [1.54, 1.807) is 6.07 Å². The van der Waals surface area contributed by atoms with Crippen LogP contribution in [-0.2, 0) is 0 Å². The summed E-state index contributed by atoms with van der Waals surface area (Å²) in [6, 6.07) is 5.60. The molecule has 2 rings (SSSR count). The summed E-state index contributed by atoms with van der Waals surface area (Å²) >= 11 is 4.79. The van der Waals surface area contributed by atoms with Gasteiger partial charge in [-0.15, -0.1) is 0 Å². The highest BCUT2D eigenvalue weighted by Crippen LogP contribution is 2.22. The van der Waals surface area contributed by atoms with Crippen LogP contribution in [0.1, 0.15) is 31.2 Å². The first-order chi connectivity index (χ1) is 9.58. The third kappa shape index (κ3) is 3.90. The molecular formula is C15H22FN3S. The number of thiocarbonyl (C=S) groups is 1. The smallest absolute Gasteiger partial charge is 0.135 e. The molecule has 0 aromatic heterocycles. The lowest BCUT2D eigenvalue weighted by Gasteiger charge is -2.24. The summed E-state index contributed by atoms with van der Waals surface area (Å²) in [4.78, 5) is 2.48. The van der Waals surface area contributed by atoms with E-state index < -0.39 is 0 Å². The average Bonchev–Trinajstić information content (AvgIpc) is 2.92. The van der Waals surface area contributed by atoms with E-state index in [-0.39, 0.29) is 10.8 Å². The van der Waals surface area contributed by atoms with Crippen molar-refractivity contribution in [1.82, 2.24) is 4.90 Å². The van der Waals surface area contributed by atoms with Crippen LogP contribution in [0.2, 0.25) is 0 Å². The Kier molecular flexibility index (Phi) is 5.31. The lowest BCUT2D eigenvalue weighted by molar-refractivity contribution is 0.254. The van der Waals surface area contributed by atoms with Gasteiger partial charge in [-0.25, -0.2) is 4.39 Å². The minimum atomic E-state index is -0.369. The van der Waals surface area contributed by atoms with Crippen molar-refractivity contribution in [2.24, 2.45) is 5.73 Å². The highest BCUT2D eigenvalue weighted by molar-refractivity contribution is 7.80. The molecule has 0 atom stereocenters. The van der Waals surface area contributed by atoms with Crippen LogP contribution in [0.15, 0.2) is 18.2 Å². The third-order valence-electron chi connectivity index (χ3n) is 3.98. The van der Waals surface area contributed by atoms with Crippen LogP contribution in [0, 0.1) is 5.82 Å². The van der Waals surface area contributed by atoms with Crippen molar-refractivity contribution in [3.8, 4) is 0 Å². The van der Waals surface area contributed by atoms with E-state index in [4.69, 9.17) is 18.0 Å². The number of nitrogens with one attached hydrogen (secondary N) is 1. The molecule has 5 heteroatoms. The van der Waals surface area contributed by atoms with Crippen molar-refractivity contribution in [2.75, 3.05) is 25.5 Å². The first-order valence-electron chi connectivity index (χ1n) is 7.11. The summed E-state index contributed by atoms with van der Waals surface area (Å²) < 4.78 is 13.7. The molecule has 1 aromatic rings. The minimum Gasteiger partial charge on any atom is -0.389 e. The number of rotatable bonds is 6. The Bertz CT molecular complexity index is 472. The summed E-state index contributed by atoms with van der Waals surface area (Å²) in [5, 5.41) is 3.24. The Morgan fingerprint density at radius 2 is 2.15 bits per heavy atom. The van der Waals surface area contributed by atoms with Crippen LogP contribution < -0.4 is 11.1 Å². The molecule has 0 aliphatic heterocycles. The van der Waals surface area contributed by atoms with E-state index in [1.165, 1.54) is 31.7 Å². The molecule has 0 spiro atoms. The van der Waals surface area contributed by atoms with Crippen molar-refractivity contribution >= 4 is 22.9 Å². The molecule has 0 bridgehead atoms. The van der Waals surface area contributed by atoms with E-state index in [2.05, 4.69) is 17.3 Å². The molecule has 1 saturated carbocycles. The van der Waals surface area contributed by atoms with Gasteiger partial charge in [0.15, 0.2) is 0 Å². The summed E-state index contributed by atoms with van der Waals surface area (Å²) in [6.45, 7) is 1.77. The fourth-order valence-corrected chi connectivity index (χ4v) is 2.89. The number of halogens is 1. The maximum absolute atomic E-state index is 13.7. The van der Waals surface area contributed by atoms with Gasteiger partial charge in [-0.2, -0.15) is 0 Å². The van der Waals surface area contributed by atoms with Gasteiger partial charge in [-0.05, 0) is 38.1 Å². The van der Waals surface area contributed by atoms with Crippen LogP contribution in [0.25, 0.3) is 0 Å². The molecule has 1 aromatic carbocycles. The first kappa shape index (κ1) is 15.2. The predicted octanol–water partition coefficient (Wildman–Crippen LogP) is 2.75. The Labute approximate surface area is 125 Å². The molecule has 110 valence electrons. The Hall–Kier alpha value is -1.20. The molecule has 0 heterocycles. The zero-order valence-electron chi connectivity index (χ0n) is 11.9. The number of hydrogen-bond acceptors (Lipinski definition) is 3. The number of hydrogen-bond donors (Lipinski definition) is 2. The molecule has 1 aliphatic carbocycles. The van der Waals surface area contributed by atoms with Gasteiger partial charge in [-0.3, -0.25) is 0 Å². The molecule has 3 nitrogen and oxygen atoms in total. The lowest BCUT2D eigenvalue weighted by Crippen LogP contribution is -2.33. The highest BCUT2D eigenvalue weighted by Gasteiger charge is 2.18. The number of benzene rings is 1. The SMILES string of the molecule is CN(CCNc1ccc(C(N)=S)c(F)c1)C1CCCC1. The maximum atomic E-state index is 13.7. The zero-order chi connectivity index (χ0) is 14.5. The van der Waals surface area contributed by atoms with Gasteiger partial charge >= 0.3 is 0 Å². The van der Waals surface area contributed by atoms with Gasteiger partial charge in [0, 0.05) is 30.4 Å². The summed E-state index contributed by atoms with van der Waals surface area (Å²) in [5.74, 6) is -0.369. The van der Waals surface area contributed by atoms with Crippen molar-refractivity contribution in [1.29, 1.82) is 0 Å². The summed E-state index contributed by atoms with van der Waals surface area (Å²) in [7, 11) is 2.16. The molecule has 1 aliphatic rings. The number of nitrogens with zero attached hydrogens (tertiary/aromatic N) is 1. The van der Waals surface area contributed by atoms with E-state index in [0.29, 0.717) is 11.6 Å². The van der Waals surface area contributed by atoms with Crippen molar-refractivity contribution in [3.63, 3.8) is 0 Å². The second kappa shape index (κ2) is 6.99. The van der Waals surface area contributed by atoms with Crippen molar-refractivity contribution in [2.45, 2.75) is 31.7 Å². The highest BCUT2D eigenvalue weighted by atomic mass is 32.1. The Balaban J connectivity index is 1.82. The quantitative estimate of drug-likeness (QED) is 0.792. The fraction of sp³-hybridized carbons (Fsp3) is 0.533. The van der Waals surface area contributed by atoms with E-state index in [1.807, 2.05) is 6.07 Å². The van der Waals surface area contributed by atoms with Crippen molar-refractivity contribution < 1.29 is 4.39 Å². The monoisotopic (exact) mass is 295 g/mol. The summed E-state index contributed by atoms with van der Waals surface area (Å²) in [5.41, 5.74) is 6.50. The maximum Gasteiger partial charge on any atom is 0.135 e. The molecule has 0 saturated heterocycles. The van der Waals surface area contributed by atoms with Gasteiger partial charge in [0.25, 0.3) is 0 Å². The lowest BCUT2D eigenvalue weighted by atomic mass is 10.2. The second-order valence-electron chi connectivity index (χ2n) is 5.40. The van der Waals surface area contributed by atoms with Gasteiger partial charge < -0.3 is 16.0 Å². The minimum absolute atomic E-state index is 0.0926. The molecule has 0 unspecified atom stereocenters. The number of likely N-dealkylation sites (N-methyl/N-ethyl adjacent to an activating group) is 1. The topological polar surface area (TPSA) is 41.3 Å². The van der Waals surface area contributed by atoms with E-state index in [0.717, 1.165) is 18.8 Å². The Morgan fingerprint density at radius 1 is 1.45 bits per heavy atom. The van der Waals surface area contributed by atoms with E-state index in [9.17, 15) is 4.39 Å². The molecule has 3 N–H and O–H groups in total. The van der Waals surface area contributed by atoms with Crippen LogP contribution in [0.5, 0.6) is 0 Å². The summed E-state index contributed by atoms with van der Waals surface area (Å²) in [6.07, 6.45) is 5.28. The van der Waals surface area contributed by atoms with E-state index >= 15 is 0 Å². The zero-order valence-corrected chi connectivity index (χ0v) is 12.7. The van der Waals surface area contributed by atoms with Gasteiger partial charge in [0.1, 0.15) is 10.8 Å². The molecular weight excluding hydrogens is 273 g/mol. The third-order valence-corrected chi connectivity index (χ3v) is 4.20. The van der Waals surface area contributed by atoms with Crippen LogP contribution in [0.4, 0.5) is 10.1 Å². The van der Waals surface area contributed by atoms with Crippen LogP contribution >= 0.6 is 12.2 Å². The fourth-order valence-electron chi connectivity index (χ4n) is 2.73. The van der Waals surface area contributed by atoms with Crippen molar-refractivity contribution in [3.05, 3.63) is 29.6 Å². The molecule has 20 heavy (non-hydrogen) atoms. The largest absolute Gasteiger partial charge is 0.389 e. The van der Waals surface area contributed by atoms with Gasteiger partial charge in [-0.1, -0.05) is 25.1 Å². The van der Waals surface area contributed by atoms with Gasteiger partial charge in [0.2, 0.25) is 0 Å². The number of anilines is 1. The predicted molar refractivity (Wildman–Crippen MR) is 85.7 cm³/mol. The molecule has 1 fully saturated rings. The molecule has 0 amide bonds. The second-order valence-corrected chi connectivity index (χ2v) is 5.84. The average molecular weight is 295 g/mol. The van der Waals surface area contributed by atoms with Crippen LogP contribution in [0.3, 0.4) is 0 Å². The Morgan fingerprint density at radius 3 is 2.75 bits per heavy atom. The van der Waals surface area contributed by atoms with Crippen LogP contribution in [-0.4, -0.2) is 36.1 Å².